The molecule has 18 heavy (non-hydrogen) atoms. The molecule has 1 aliphatic heterocycles. The molecule has 0 bridgehead atoms. The summed E-state index contributed by atoms with van der Waals surface area (Å²) in [6.07, 6.45) is 1.28. The van der Waals surface area contributed by atoms with Crippen molar-refractivity contribution in [2.45, 2.75) is 25.9 Å². The van der Waals surface area contributed by atoms with Gasteiger partial charge in [-0.3, -0.25) is 4.79 Å². The predicted octanol–water partition coefficient (Wildman–Crippen LogP) is 4.24. The zero-order valence-corrected chi connectivity index (χ0v) is 12.2. The van der Waals surface area contributed by atoms with Crippen LogP contribution in [0, 0.1) is 11.7 Å². The molecule has 2 unspecified atom stereocenters. The Labute approximate surface area is 119 Å². The molecule has 2 rings (SSSR count). The zero-order valence-electron chi connectivity index (χ0n) is 9.88. The Morgan fingerprint density at radius 1 is 1.61 bits per heavy atom. The van der Waals surface area contributed by atoms with Crippen molar-refractivity contribution in [3.8, 4) is 0 Å². The maximum Gasteiger partial charge on any atom is 0.171 e. The SMILES string of the molecule is CCC1OCCC1C(=O)c1cc(Cl)c(Br)cc1F. The van der Waals surface area contributed by atoms with Crippen LogP contribution in [0.5, 0.6) is 0 Å². The molecule has 2 nitrogen and oxygen atoms in total. The normalized spacial score (nSPS) is 23.3. The van der Waals surface area contributed by atoms with E-state index in [0.29, 0.717) is 22.5 Å². The Bertz CT molecular complexity index is 478. The molecule has 1 fully saturated rings. The van der Waals surface area contributed by atoms with E-state index in [9.17, 15) is 9.18 Å². The summed E-state index contributed by atoms with van der Waals surface area (Å²) in [6, 6.07) is 2.61. The highest BCUT2D eigenvalue weighted by Gasteiger charge is 2.34. The van der Waals surface area contributed by atoms with E-state index in [1.165, 1.54) is 12.1 Å². The average molecular weight is 336 g/mol. The molecular weight excluding hydrogens is 322 g/mol. The fourth-order valence-corrected chi connectivity index (χ4v) is 2.74. The number of ether oxygens (including phenoxy) is 1. The van der Waals surface area contributed by atoms with Crippen molar-refractivity contribution >= 4 is 33.3 Å². The van der Waals surface area contributed by atoms with Crippen LogP contribution in [0.1, 0.15) is 30.1 Å². The van der Waals surface area contributed by atoms with Gasteiger partial charge in [-0.1, -0.05) is 18.5 Å². The first-order chi connectivity index (χ1) is 8.54. The van der Waals surface area contributed by atoms with Gasteiger partial charge in [0.25, 0.3) is 0 Å². The smallest absolute Gasteiger partial charge is 0.171 e. The maximum absolute atomic E-state index is 13.8. The van der Waals surface area contributed by atoms with Gasteiger partial charge in [-0.15, -0.1) is 0 Å². The van der Waals surface area contributed by atoms with Crippen LogP contribution >= 0.6 is 27.5 Å². The fraction of sp³-hybridized carbons (Fsp3) is 0.462. The zero-order chi connectivity index (χ0) is 13.3. The molecule has 0 aromatic heterocycles. The lowest BCUT2D eigenvalue weighted by atomic mass is 9.90. The highest BCUT2D eigenvalue weighted by Crippen LogP contribution is 2.31. The third-order valence-electron chi connectivity index (χ3n) is 3.22. The molecule has 98 valence electrons. The van der Waals surface area contributed by atoms with Crippen molar-refractivity contribution in [1.29, 1.82) is 0 Å². The quantitative estimate of drug-likeness (QED) is 0.610. The Kier molecular flexibility index (Phi) is 4.41. The third-order valence-corrected chi connectivity index (χ3v) is 4.42. The van der Waals surface area contributed by atoms with E-state index >= 15 is 0 Å². The summed E-state index contributed by atoms with van der Waals surface area (Å²) in [5.41, 5.74) is 0.0529. The monoisotopic (exact) mass is 334 g/mol. The third kappa shape index (κ3) is 2.60. The first-order valence-corrected chi connectivity index (χ1v) is 7.02. The van der Waals surface area contributed by atoms with Crippen molar-refractivity contribution in [2.75, 3.05) is 6.61 Å². The number of hydrogen-bond donors (Lipinski definition) is 0. The van der Waals surface area contributed by atoms with Gasteiger partial charge in [0.1, 0.15) is 5.82 Å². The molecule has 1 aliphatic rings. The minimum Gasteiger partial charge on any atom is -0.377 e. The number of ketones is 1. The average Bonchev–Trinajstić information content (AvgIpc) is 2.81. The molecule has 0 amide bonds. The van der Waals surface area contributed by atoms with E-state index < -0.39 is 5.82 Å². The Hall–Kier alpha value is -0.450. The van der Waals surface area contributed by atoms with Gasteiger partial charge in [-0.05, 0) is 40.9 Å². The van der Waals surface area contributed by atoms with E-state index in [1.54, 1.807) is 0 Å². The van der Waals surface area contributed by atoms with E-state index in [0.717, 1.165) is 6.42 Å². The number of carbonyl (C=O) groups excluding carboxylic acids is 1. The minimum absolute atomic E-state index is 0.0529. The van der Waals surface area contributed by atoms with Gasteiger partial charge in [-0.2, -0.15) is 0 Å². The summed E-state index contributed by atoms with van der Waals surface area (Å²) in [5.74, 6) is -1.02. The number of benzene rings is 1. The van der Waals surface area contributed by atoms with Gasteiger partial charge in [0.2, 0.25) is 0 Å². The molecule has 1 aromatic rings. The van der Waals surface area contributed by atoms with E-state index in [1.807, 2.05) is 6.92 Å². The lowest BCUT2D eigenvalue weighted by Gasteiger charge is -2.16. The van der Waals surface area contributed by atoms with Crippen molar-refractivity contribution in [3.63, 3.8) is 0 Å². The first kappa shape index (κ1) is 14.0. The molecule has 2 atom stereocenters. The molecule has 1 heterocycles. The van der Waals surface area contributed by atoms with E-state index in [2.05, 4.69) is 15.9 Å². The van der Waals surface area contributed by atoms with Crippen LogP contribution in [0.3, 0.4) is 0 Å². The highest BCUT2D eigenvalue weighted by atomic mass is 79.9. The highest BCUT2D eigenvalue weighted by molar-refractivity contribution is 9.10. The predicted molar refractivity (Wildman–Crippen MR) is 71.6 cm³/mol. The molecule has 0 spiro atoms. The van der Waals surface area contributed by atoms with Crippen LogP contribution in [0.15, 0.2) is 16.6 Å². The summed E-state index contributed by atoms with van der Waals surface area (Å²) >= 11 is 9.04. The van der Waals surface area contributed by atoms with Crippen molar-refractivity contribution < 1.29 is 13.9 Å². The molecule has 0 saturated carbocycles. The van der Waals surface area contributed by atoms with Crippen LogP contribution in [-0.2, 0) is 4.74 Å². The van der Waals surface area contributed by atoms with Crippen LogP contribution < -0.4 is 0 Å². The number of hydrogen-bond acceptors (Lipinski definition) is 2. The topological polar surface area (TPSA) is 26.3 Å². The van der Waals surface area contributed by atoms with Gasteiger partial charge < -0.3 is 4.74 Å². The molecule has 0 radical (unpaired) electrons. The molecule has 5 heteroatoms. The molecule has 0 aliphatic carbocycles. The van der Waals surface area contributed by atoms with Gasteiger partial charge in [0.15, 0.2) is 5.78 Å². The molecule has 0 N–H and O–H groups in total. The van der Waals surface area contributed by atoms with Crippen LogP contribution in [-0.4, -0.2) is 18.5 Å². The first-order valence-electron chi connectivity index (χ1n) is 5.85. The molecule has 1 saturated heterocycles. The number of halogens is 3. The number of carbonyl (C=O) groups is 1. The second-order valence-corrected chi connectivity index (χ2v) is 5.58. The standard InChI is InChI=1S/C13H13BrClFO2/c1-2-12-7(3-4-18-12)13(17)8-5-10(15)9(14)6-11(8)16/h5-7,12H,2-4H2,1H3. The largest absolute Gasteiger partial charge is 0.377 e. The number of Topliss-reactive ketones (excluding diaryl/α,β-unsaturated/α-hetero) is 1. The summed E-state index contributed by atoms with van der Waals surface area (Å²) in [5, 5.41) is 0.340. The van der Waals surface area contributed by atoms with Crippen molar-refractivity contribution in [1.82, 2.24) is 0 Å². The summed E-state index contributed by atoms with van der Waals surface area (Å²) in [4.78, 5) is 12.3. The lowest BCUT2D eigenvalue weighted by Crippen LogP contribution is -2.24. The van der Waals surface area contributed by atoms with Crippen LogP contribution in [0.25, 0.3) is 0 Å². The summed E-state index contributed by atoms with van der Waals surface area (Å²) in [6.45, 7) is 2.52. The Morgan fingerprint density at radius 3 is 3.00 bits per heavy atom. The Balaban J connectivity index is 2.31. The van der Waals surface area contributed by atoms with Crippen LogP contribution in [0.2, 0.25) is 5.02 Å². The maximum atomic E-state index is 13.8. The molecule has 1 aromatic carbocycles. The summed E-state index contributed by atoms with van der Waals surface area (Å²) < 4.78 is 19.7. The Morgan fingerprint density at radius 2 is 2.33 bits per heavy atom. The van der Waals surface area contributed by atoms with Gasteiger partial charge >= 0.3 is 0 Å². The molecular formula is C13H13BrClFO2. The second kappa shape index (κ2) is 5.68. The second-order valence-electron chi connectivity index (χ2n) is 4.32. The minimum atomic E-state index is -0.543. The van der Waals surface area contributed by atoms with Gasteiger partial charge in [0.05, 0.1) is 22.6 Å². The van der Waals surface area contributed by atoms with Crippen molar-refractivity contribution in [2.24, 2.45) is 5.92 Å². The van der Waals surface area contributed by atoms with Gasteiger partial charge in [-0.25, -0.2) is 4.39 Å². The van der Waals surface area contributed by atoms with Crippen LogP contribution in [0.4, 0.5) is 4.39 Å². The lowest BCUT2D eigenvalue weighted by molar-refractivity contribution is 0.0686. The van der Waals surface area contributed by atoms with Gasteiger partial charge in [0, 0.05) is 11.1 Å². The van der Waals surface area contributed by atoms with E-state index in [-0.39, 0.29) is 23.4 Å². The summed E-state index contributed by atoms with van der Waals surface area (Å²) in [7, 11) is 0. The van der Waals surface area contributed by atoms with Crippen molar-refractivity contribution in [3.05, 3.63) is 33.0 Å². The number of rotatable bonds is 3. The van der Waals surface area contributed by atoms with E-state index in [4.69, 9.17) is 16.3 Å². The fourth-order valence-electron chi connectivity index (χ4n) is 2.26.